The average molecular weight is 270 g/mol. The molecule has 104 valence electrons. The molecule has 0 unspecified atom stereocenters. The molecule has 0 aliphatic carbocycles. The van der Waals surface area contributed by atoms with Gasteiger partial charge in [0.25, 0.3) is 0 Å². The molecule has 0 saturated carbocycles. The molecule has 20 heavy (non-hydrogen) atoms. The number of hydrogen-bond donors (Lipinski definition) is 3. The van der Waals surface area contributed by atoms with Crippen molar-refractivity contribution >= 4 is 11.6 Å². The molecular formula is C16H18N2O2. The molecule has 0 aromatic heterocycles. The Labute approximate surface area is 118 Å². The summed E-state index contributed by atoms with van der Waals surface area (Å²) in [5.41, 5.74) is 9.34. The lowest BCUT2D eigenvalue weighted by molar-refractivity contribution is -0.120. The van der Waals surface area contributed by atoms with Crippen LogP contribution in [0.5, 0.6) is 5.75 Å². The van der Waals surface area contributed by atoms with Crippen molar-refractivity contribution in [2.75, 3.05) is 5.73 Å². The van der Waals surface area contributed by atoms with E-state index >= 15 is 0 Å². The fourth-order valence-electron chi connectivity index (χ4n) is 2.00. The number of nitrogen functional groups attached to an aromatic ring is 1. The summed E-state index contributed by atoms with van der Waals surface area (Å²) in [5, 5.41) is 12.2. The molecule has 2 aromatic carbocycles. The molecule has 2 aromatic rings. The second kappa shape index (κ2) is 6.10. The highest BCUT2D eigenvalue weighted by Gasteiger charge is 2.06. The summed E-state index contributed by atoms with van der Waals surface area (Å²) in [4.78, 5) is 11.9. The summed E-state index contributed by atoms with van der Waals surface area (Å²) >= 11 is 0. The van der Waals surface area contributed by atoms with E-state index in [4.69, 9.17) is 5.73 Å². The van der Waals surface area contributed by atoms with Crippen LogP contribution >= 0.6 is 0 Å². The van der Waals surface area contributed by atoms with Gasteiger partial charge >= 0.3 is 0 Å². The van der Waals surface area contributed by atoms with E-state index in [0.717, 1.165) is 22.4 Å². The van der Waals surface area contributed by atoms with Crippen LogP contribution in [0.1, 0.15) is 16.7 Å². The Hall–Kier alpha value is -2.49. The van der Waals surface area contributed by atoms with Gasteiger partial charge in [0, 0.05) is 12.2 Å². The highest BCUT2D eigenvalue weighted by atomic mass is 16.3. The number of nitrogens with one attached hydrogen (secondary N) is 1. The van der Waals surface area contributed by atoms with E-state index < -0.39 is 0 Å². The third-order valence-electron chi connectivity index (χ3n) is 3.24. The Morgan fingerprint density at radius 2 is 2.00 bits per heavy atom. The van der Waals surface area contributed by atoms with E-state index in [9.17, 15) is 9.90 Å². The minimum Gasteiger partial charge on any atom is -0.508 e. The first-order valence-electron chi connectivity index (χ1n) is 6.45. The van der Waals surface area contributed by atoms with Crippen molar-refractivity contribution < 1.29 is 9.90 Å². The number of phenols is 1. The standard InChI is InChI=1S/C16H18N2O2/c1-11-13(5-3-7-15(11)17)10-18-16(20)9-12-4-2-6-14(19)8-12/h2-8,19H,9-10,17H2,1H3,(H,18,20). The molecule has 0 heterocycles. The van der Waals surface area contributed by atoms with Gasteiger partial charge in [-0.2, -0.15) is 0 Å². The molecule has 0 saturated heterocycles. The number of carbonyl (C=O) groups excluding carboxylic acids is 1. The van der Waals surface area contributed by atoms with E-state index in [1.54, 1.807) is 18.2 Å². The quantitative estimate of drug-likeness (QED) is 0.745. The van der Waals surface area contributed by atoms with Gasteiger partial charge in [-0.15, -0.1) is 0 Å². The van der Waals surface area contributed by atoms with Crippen molar-refractivity contribution in [2.24, 2.45) is 0 Å². The van der Waals surface area contributed by atoms with Crippen molar-refractivity contribution in [2.45, 2.75) is 19.9 Å². The van der Waals surface area contributed by atoms with Gasteiger partial charge < -0.3 is 16.2 Å². The van der Waals surface area contributed by atoms with Crippen molar-refractivity contribution in [1.29, 1.82) is 0 Å². The Balaban J connectivity index is 1.94. The van der Waals surface area contributed by atoms with Gasteiger partial charge in [-0.3, -0.25) is 4.79 Å². The maximum atomic E-state index is 11.9. The van der Waals surface area contributed by atoms with Gasteiger partial charge in [0.05, 0.1) is 6.42 Å². The first-order chi connectivity index (χ1) is 9.56. The van der Waals surface area contributed by atoms with Gasteiger partial charge in [0.1, 0.15) is 5.75 Å². The van der Waals surface area contributed by atoms with Gasteiger partial charge in [0.2, 0.25) is 5.91 Å². The lowest BCUT2D eigenvalue weighted by atomic mass is 10.1. The van der Waals surface area contributed by atoms with Crippen LogP contribution in [0.4, 0.5) is 5.69 Å². The maximum absolute atomic E-state index is 11.9. The predicted molar refractivity (Wildman–Crippen MR) is 79.2 cm³/mol. The first kappa shape index (κ1) is 13.9. The first-order valence-corrected chi connectivity index (χ1v) is 6.45. The summed E-state index contributed by atoms with van der Waals surface area (Å²) in [6, 6.07) is 12.4. The Morgan fingerprint density at radius 1 is 1.25 bits per heavy atom. The summed E-state index contributed by atoms with van der Waals surface area (Å²) in [6.07, 6.45) is 0.246. The maximum Gasteiger partial charge on any atom is 0.224 e. The van der Waals surface area contributed by atoms with Crippen molar-refractivity contribution in [3.63, 3.8) is 0 Å². The molecule has 4 heteroatoms. The lowest BCUT2D eigenvalue weighted by Crippen LogP contribution is -2.25. The topological polar surface area (TPSA) is 75.3 Å². The van der Waals surface area contributed by atoms with Gasteiger partial charge in [-0.25, -0.2) is 0 Å². The van der Waals surface area contributed by atoms with Crippen LogP contribution in [0, 0.1) is 6.92 Å². The minimum atomic E-state index is -0.0857. The number of benzene rings is 2. The minimum absolute atomic E-state index is 0.0857. The number of carbonyl (C=O) groups is 1. The average Bonchev–Trinajstić information content (AvgIpc) is 2.40. The Bertz CT molecular complexity index is 624. The molecule has 0 fully saturated rings. The number of rotatable bonds is 4. The third kappa shape index (κ3) is 3.51. The SMILES string of the molecule is Cc1c(N)cccc1CNC(=O)Cc1cccc(O)c1. The number of amides is 1. The van der Waals surface area contributed by atoms with E-state index in [1.165, 1.54) is 0 Å². The molecular weight excluding hydrogens is 252 g/mol. The molecule has 4 nitrogen and oxygen atoms in total. The number of anilines is 1. The van der Waals surface area contributed by atoms with Crippen molar-refractivity contribution in [1.82, 2.24) is 5.32 Å². The molecule has 0 radical (unpaired) electrons. The summed E-state index contributed by atoms with van der Waals surface area (Å²) in [7, 11) is 0. The molecule has 1 amide bonds. The van der Waals surface area contributed by atoms with Crippen molar-refractivity contribution in [3.05, 3.63) is 59.2 Å². The molecule has 0 aliphatic heterocycles. The zero-order valence-electron chi connectivity index (χ0n) is 11.4. The molecule has 0 bridgehead atoms. The second-order valence-electron chi connectivity index (χ2n) is 4.75. The highest BCUT2D eigenvalue weighted by molar-refractivity contribution is 5.78. The van der Waals surface area contributed by atoms with Crippen LogP contribution in [0.15, 0.2) is 42.5 Å². The molecule has 0 atom stereocenters. The molecule has 0 spiro atoms. The third-order valence-corrected chi connectivity index (χ3v) is 3.24. The fraction of sp³-hybridized carbons (Fsp3) is 0.188. The van der Waals surface area contributed by atoms with E-state index in [0.29, 0.717) is 6.54 Å². The van der Waals surface area contributed by atoms with Gasteiger partial charge in [-0.1, -0.05) is 24.3 Å². The van der Waals surface area contributed by atoms with Crippen LogP contribution in [0.2, 0.25) is 0 Å². The number of aromatic hydroxyl groups is 1. The largest absolute Gasteiger partial charge is 0.508 e. The zero-order valence-corrected chi connectivity index (χ0v) is 11.4. The molecule has 2 rings (SSSR count). The molecule has 0 aliphatic rings. The fourth-order valence-corrected chi connectivity index (χ4v) is 2.00. The van der Waals surface area contributed by atoms with Crippen molar-refractivity contribution in [3.8, 4) is 5.75 Å². The van der Waals surface area contributed by atoms with Gasteiger partial charge in [-0.05, 0) is 41.8 Å². The summed E-state index contributed by atoms with van der Waals surface area (Å²) < 4.78 is 0. The van der Waals surface area contributed by atoms with Crippen LogP contribution in [0.25, 0.3) is 0 Å². The number of nitrogens with two attached hydrogens (primary N) is 1. The monoisotopic (exact) mass is 270 g/mol. The number of phenolic OH excluding ortho intramolecular Hbond substituents is 1. The van der Waals surface area contributed by atoms with E-state index in [-0.39, 0.29) is 18.1 Å². The second-order valence-corrected chi connectivity index (χ2v) is 4.75. The predicted octanol–water partition coefficient (Wildman–Crippen LogP) is 2.14. The summed E-state index contributed by atoms with van der Waals surface area (Å²) in [6.45, 7) is 2.39. The van der Waals surface area contributed by atoms with E-state index in [2.05, 4.69) is 5.32 Å². The van der Waals surface area contributed by atoms with Crippen LogP contribution < -0.4 is 11.1 Å². The normalized spacial score (nSPS) is 10.2. The smallest absolute Gasteiger partial charge is 0.224 e. The number of hydrogen-bond acceptors (Lipinski definition) is 3. The van der Waals surface area contributed by atoms with Gasteiger partial charge in [0.15, 0.2) is 0 Å². The lowest BCUT2D eigenvalue weighted by Gasteiger charge is -2.10. The van der Waals surface area contributed by atoms with E-state index in [1.807, 2.05) is 31.2 Å². The van der Waals surface area contributed by atoms with Crippen LogP contribution in [-0.4, -0.2) is 11.0 Å². The molecule has 4 N–H and O–H groups in total. The van der Waals surface area contributed by atoms with Crippen LogP contribution in [0.3, 0.4) is 0 Å². The zero-order chi connectivity index (χ0) is 14.5. The van der Waals surface area contributed by atoms with Crippen LogP contribution in [-0.2, 0) is 17.8 Å². The summed E-state index contributed by atoms with van der Waals surface area (Å²) in [5.74, 6) is 0.0828. The Morgan fingerprint density at radius 3 is 2.75 bits per heavy atom. The highest BCUT2D eigenvalue weighted by Crippen LogP contribution is 2.15. The Kier molecular flexibility index (Phi) is 4.25.